The van der Waals surface area contributed by atoms with Crippen LogP contribution in [0, 0.1) is 0 Å². The minimum absolute atomic E-state index is 0.0516. The highest BCUT2D eigenvalue weighted by atomic mass is 16.4. The van der Waals surface area contributed by atoms with Crippen LogP contribution in [0.2, 0.25) is 0 Å². The Kier molecular flexibility index (Phi) is 1.61. The highest BCUT2D eigenvalue weighted by Gasteiger charge is 2.42. The van der Waals surface area contributed by atoms with E-state index in [0.29, 0.717) is 0 Å². The smallest absolute Gasteiger partial charge is 0.0541 e. The highest BCUT2D eigenvalue weighted by Crippen LogP contribution is 2.46. The molecule has 2 rings (SSSR count). The first-order chi connectivity index (χ1) is 5.87. The molecule has 0 aromatic heterocycles. The highest BCUT2D eigenvalue weighted by molar-refractivity contribution is 5.77. The molecule has 1 saturated carbocycles. The number of rotatable bonds is 2. The second-order valence-corrected chi connectivity index (χ2v) is 3.27. The predicted octanol–water partition coefficient (Wildman–Crippen LogP) is 2.18. The number of hydrogen-bond acceptors (Lipinski definition) is 2. The Labute approximate surface area is 71.5 Å². The lowest BCUT2D eigenvalue weighted by atomic mass is 9.98. The average Bonchev–Trinajstić information content (AvgIpc) is 2.88. The minimum Gasteiger partial charge on any atom is -0.411 e. The van der Waals surface area contributed by atoms with Crippen LogP contribution >= 0.6 is 0 Å². The Morgan fingerprint density at radius 1 is 1.25 bits per heavy atom. The fraction of sp³-hybridized carbons (Fsp3) is 0.300. The van der Waals surface area contributed by atoms with Crippen molar-refractivity contribution in [2.45, 2.75) is 18.3 Å². The van der Waals surface area contributed by atoms with Crippen LogP contribution in [0.5, 0.6) is 0 Å². The molecule has 0 spiro atoms. The lowest BCUT2D eigenvalue weighted by molar-refractivity contribution is 0.319. The topological polar surface area (TPSA) is 32.6 Å². The third-order valence-corrected chi connectivity index (χ3v) is 2.44. The number of nitrogens with zero attached hydrogens (tertiary/aromatic N) is 1. The maximum absolute atomic E-state index is 8.47. The minimum atomic E-state index is 0.0516. The first kappa shape index (κ1) is 7.35. The molecule has 0 bridgehead atoms. The van der Waals surface area contributed by atoms with Gasteiger partial charge < -0.3 is 5.21 Å². The van der Waals surface area contributed by atoms with Crippen molar-refractivity contribution in [3.63, 3.8) is 0 Å². The van der Waals surface area contributed by atoms with E-state index in [1.165, 1.54) is 5.56 Å². The molecule has 2 nitrogen and oxygen atoms in total. The molecule has 62 valence electrons. The molecule has 0 radical (unpaired) electrons. The van der Waals surface area contributed by atoms with E-state index in [9.17, 15) is 0 Å². The molecule has 0 aliphatic heterocycles. The van der Waals surface area contributed by atoms with Gasteiger partial charge >= 0.3 is 0 Å². The monoisotopic (exact) mass is 161 g/mol. The van der Waals surface area contributed by atoms with Gasteiger partial charge in [0.1, 0.15) is 0 Å². The second kappa shape index (κ2) is 2.63. The van der Waals surface area contributed by atoms with Gasteiger partial charge in [-0.3, -0.25) is 0 Å². The number of benzene rings is 1. The zero-order chi connectivity index (χ0) is 8.44. The van der Waals surface area contributed by atoms with E-state index in [1.54, 1.807) is 6.21 Å². The molecular weight excluding hydrogens is 150 g/mol. The fourth-order valence-corrected chi connectivity index (χ4v) is 1.51. The normalized spacial score (nSPS) is 19.7. The summed E-state index contributed by atoms with van der Waals surface area (Å²) in [6.45, 7) is 0. The first-order valence-corrected chi connectivity index (χ1v) is 4.11. The molecule has 0 unspecified atom stereocenters. The Morgan fingerprint density at radius 2 is 1.92 bits per heavy atom. The standard InChI is InChI=1S/C10H11NO/c12-11-8-10(6-7-10)9-4-2-1-3-5-9/h1-5,8,12H,6-7H2/b11-8+. The van der Waals surface area contributed by atoms with Crippen LogP contribution < -0.4 is 0 Å². The second-order valence-electron chi connectivity index (χ2n) is 3.27. The van der Waals surface area contributed by atoms with Gasteiger partial charge in [-0.15, -0.1) is 5.16 Å². The Morgan fingerprint density at radius 3 is 2.42 bits per heavy atom. The predicted molar refractivity (Wildman–Crippen MR) is 47.6 cm³/mol. The molecule has 0 amide bonds. The summed E-state index contributed by atoms with van der Waals surface area (Å²) in [5.41, 5.74) is 1.30. The molecule has 1 aromatic rings. The fourth-order valence-electron chi connectivity index (χ4n) is 1.51. The van der Waals surface area contributed by atoms with E-state index in [1.807, 2.05) is 18.2 Å². The van der Waals surface area contributed by atoms with Crippen LogP contribution in [-0.4, -0.2) is 11.4 Å². The third kappa shape index (κ3) is 1.09. The van der Waals surface area contributed by atoms with Gasteiger partial charge in [-0.05, 0) is 18.4 Å². The van der Waals surface area contributed by atoms with E-state index >= 15 is 0 Å². The van der Waals surface area contributed by atoms with E-state index in [4.69, 9.17) is 5.21 Å². The molecule has 1 aliphatic rings. The molecule has 1 aliphatic carbocycles. The van der Waals surface area contributed by atoms with Crippen molar-refractivity contribution in [1.29, 1.82) is 0 Å². The largest absolute Gasteiger partial charge is 0.411 e. The lowest BCUT2D eigenvalue weighted by Gasteiger charge is -2.07. The van der Waals surface area contributed by atoms with Crippen molar-refractivity contribution < 1.29 is 5.21 Å². The van der Waals surface area contributed by atoms with E-state index in [0.717, 1.165) is 12.8 Å². The summed E-state index contributed by atoms with van der Waals surface area (Å²) >= 11 is 0. The van der Waals surface area contributed by atoms with Crippen molar-refractivity contribution in [1.82, 2.24) is 0 Å². The van der Waals surface area contributed by atoms with Gasteiger partial charge in [-0.2, -0.15) is 0 Å². The average molecular weight is 161 g/mol. The van der Waals surface area contributed by atoms with Gasteiger partial charge in [-0.1, -0.05) is 30.3 Å². The molecule has 1 N–H and O–H groups in total. The lowest BCUT2D eigenvalue weighted by Crippen LogP contribution is -2.07. The Hall–Kier alpha value is -1.31. The van der Waals surface area contributed by atoms with Gasteiger partial charge in [0, 0.05) is 5.41 Å². The quantitative estimate of drug-likeness (QED) is 0.402. The summed E-state index contributed by atoms with van der Waals surface area (Å²) in [6.07, 6.45) is 3.84. The van der Waals surface area contributed by atoms with E-state index in [-0.39, 0.29) is 5.41 Å². The van der Waals surface area contributed by atoms with Gasteiger partial charge in [0.2, 0.25) is 0 Å². The zero-order valence-corrected chi connectivity index (χ0v) is 6.77. The van der Waals surface area contributed by atoms with Gasteiger partial charge in [0.05, 0.1) is 6.21 Å². The van der Waals surface area contributed by atoms with Crippen molar-refractivity contribution in [3.05, 3.63) is 35.9 Å². The molecule has 0 heterocycles. The summed E-state index contributed by atoms with van der Waals surface area (Å²) in [4.78, 5) is 0. The third-order valence-electron chi connectivity index (χ3n) is 2.44. The summed E-state index contributed by atoms with van der Waals surface area (Å²) in [6, 6.07) is 10.2. The molecule has 1 fully saturated rings. The Balaban J connectivity index is 2.31. The van der Waals surface area contributed by atoms with Crippen molar-refractivity contribution >= 4 is 6.21 Å². The van der Waals surface area contributed by atoms with E-state index < -0.39 is 0 Å². The van der Waals surface area contributed by atoms with Gasteiger partial charge in [-0.25, -0.2) is 0 Å². The number of oxime groups is 1. The molecule has 2 heteroatoms. The zero-order valence-electron chi connectivity index (χ0n) is 6.77. The molecule has 1 aromatic carbocycles. The summed E-state index contributed by atoms with van der Waals surface area (Å²) in [5, 5.41) is 11.6. The van der Waals surface area contributed by atoms with Crippen molar-refractivity contribution in [2.24, 2.45) is 5.16 Å². The summed E-state index contributed by atoms with van der Waals surface area (Å²) < 4.78 is 0. The summed E-state index contributed by atoms with van der Waals surface area (Å²) in [7, 11) is 0. The van der Waals surface area contributed by atoms with Crippen LogP contribution in [0.25, 0.3) is 0 Å². The Bertz CT molecular complexity index is 288. The molecule has 12 heavy (non-hydrogen) atoms. The first-order valence-electron chi connectivity index (χ1n) is 4.11. The molecular formula is C10H11NO. The van der Waals surface area contributed by atoms with Gasteiger partial charge in [0.25, 0.3) is 0 Å². The number of hydrogen-bond donors (Lipinski definition) is 1. The van der Waals surface area contributed by atoms with Crippen molar-refractivity contribution in [3.8, 4) is 0 Å². The molecule has 0 atom stereocenters. The van der Waals surface area contributed by atoms with Gasteiger partial charge in [0.15, 0.2) is 0 Å². The maximum atomic E-state index is 8.47. The molecule has 0 saturated heterocycles. The van der Waals surface area contributed by atoms with E-state index in [2.05, 4.69) is 17.3 Å². The maximum Gasteiger partial charge on any atom is 0.0541 e. The SMILES string of the molecule is O/N=C/C1(c2ccccc2)CC1. The van der Waals surface area contributed by atoms with Crippen LogP contribution in [-0.2, 0) is 5.41 Å². The van der Waals surface area contributed by atoms with Crippen LogP contribution in [0.15, 0.2) is 35.5 Å². The van der Waals surface area contributed by atoms with Crippen molar-refractivity contribution in [2.75, 3.05) is 0 Å². The van der Waals surface area contributed by atoms with Crippen LogP contribution in [0.4, 0.5) is 0 Å². The van der Waals surface area contributed by atoms with Crippen LogP contribution in [0.1, 0.15) is 18.4 Å². The van der Waals surface area contributed by atoms with Crippen LogP contribution in [0.3, 0.4) is 0 Å². The summed E-state index contributed by atoms with van der Waals surface area (Å²) in [5.74, 6) is 0.